The van der Waals surface area contributed by atoms with Crippen LogP contribution in [0.1, 0.15) is 15.9 Å². The van der Waals surface area contributed by atoms with Gasteiger partial charge in [0.25, 0.3) is 0 Å². The first-order valence-electron chi connectivity index (χ1n) is 6.58. The third-order valence-corrected chi connectivity index (χ3v) is 3.74. The lowest BCUT2D eigenvalue weighted by Gasteiger charge is -2.06. The third-order valence-electron chi connectivity index (χ3n) is 3.13. The molecule has 2 rings (SSSR count). The molecule has 0 aliphatic heterocycles. The van der Waals surface area contributed by atoms with E-state index in [-0.39, 0.29) is 28.6 Å². The molecule has 120 valence electrons. The van der Waals surface area contributed by atoms with Gasteiger partial charge in [-0.25, -0.2) is 4.39 Å². The highest BCUT2D eigenvalue weighted by atomic mass is 79.9. The molecule has 2 aromatic carbocycles. The molecule has 0 amide bonds. The molecule has 0 aliphatic rings. The van der Waals surface area contributed by atoms with Crippen LogP contribution in [0.3, 0.4) is 0 Å². The summed E-state index contributed by atoms with van der Waals surface area (Å²) in [6.07, 6.45) is 2.87. The third kappa shape index (κ3) is 3.90. The number of benzene rings is 2. The minimum absolute atomic E-state index is 0.0202. The van der Waals surface area contributed by atoms with Crippen LogP contribution in [-0.2, 0) is 0 Å². The van der Waals surface area contributed by atoms with E-state index in [1.807, 2.05) is 0 Å². The van der Waals surface area contributed by atoms with Crippen molar-refractivity contribution in [3.63, 3.8) is 0 Å². The van der Waals surface area contributed by atoms with Crippen LogP contribution < -0.4 is 9.47 Å². The molecule has 0 heterocycles. The van der Waals surface area contributed by atoms with Gasteiger partial charge < -0.3 is 14.6 Å². The Hall–Kier alpha value is -2.34. The molecule has 1 N–H and O–H groups in total. The summed E-state index contributed by atoms with van der Waals surface area (Å²) < 4.78 is 23.9. The van der Waals surface area contributed by atoms with Gasteiger partial charge in [0.15, 0.2) is 28.8 Å². The molecule has 0 bridgehead atoms. The molecule has 2 aromatic rings. The van der Waals surface area contributed by atoms with Gasteiger partial charge in [-0.05, 0) is 57.9 Å². The lowest BCUT2D eigenvalue weighted by atomic mass is 10.1. The molecule has 0 saturated carbocycles. The first-order valence-corrected chi connectivity index (χ1v) is 7.38. The molecule has 23 heavy (non-hydrogen) atoms. The quantitative estimate of drug-likeness (QED) is 0.623. The average molecular weight is 381 g/mol. The smallest absolute Gasteiger partial charge is 0.185 e. The number of aromatic hydroxyl groups is 1. The lowest BCUT2D eigenvalue weighted by molar-refractivity contribution is 0.104. The number of ether oxygens (including phenoxy) is 2. The molecule has 0 atom stereocenters. The van der Waals surface area contributed by atoms with Gasteiger partial charge in [-0.15, -0.1) is 0 Å². The molecule has 6 heteroatoms. The number of phenols is 1. The van der Waals surface area contributed by atoms with E-state index in [0.717, 1.165) is 6.07 Å². The summed E-state index contributed by atoms with van der Waals surface area (Å²) in [4.78, 5) is 12.1. The van der Waals surface area contributed by atoms with E-state index >= 15 is 0 Å². The van der Waals surface area contributed by atoms with Gasteiger partial charge in [0.2, 0.25) is 0 Å². The van der Waals surface area contributed by atoms with Crippen LogP contribution >= 0.6 is 15.9 Å². The van der Waals surface area contributed by atoms with Crippen LogP contribution in [0.4, 0.5) is 4.39 Å². The molecule has 0 unspecified atom stereocenters. The van der Waals surface area contributed by atoms with Crippen LogP contribution in [0, 0.1) is 5.82 Å². The normalized spacial score (nSPS) is 10.8. The van der Waals surface area contributed by atoms with Gasteiger partial charge in [0, 0.05) is 5.56 Å². The molecule has 0 radical (unpaired) electrons. The average Bonchev–Trinajstić information content (AvgIpc) is 2.55. The summed E-state index contributed by atoms with van der Waals surface area (Å²) >= 11 is 3.20. The monoisotopic (exact) mass is 380 g/mol. The van der Waals surface area contributed by atoms with Gasteiger partial charge in [0.05, 0.1) is 18.7 Å². The van der Waals surface area contributed by atoms with Crippen LogP contribution in [-0.4, -0.2) is 25.1 Å². The fraction of sp³-hybridized carbons (Fsp3) is 0.118. The van der Waals surface area contributed by atoms with Crippen molar-refractivity contribution in [1.82, 2.24) is 0 Å². The Kier molecular flexibility index (Phi) is 5.39. The maximum Gasteiger partial charge on any atom is 0.185 e. The minimum Gasteiger partial charge on any atom is -0.503 e. The van der Waals surface area contributed by atoms with Crippen molar-refractivity contribution in [2.75, 3.05) is 14.2 Å². The van der Waals surface area contributed by atoms with Crippen LogP contribution in [0.5, 0.6) is 17.2 Å². The summed E-state index contributed by atoms with van der Waals surface area (Å²) in [5.74, 6) is -0.608. The summed E-state index contributed by atoms with van der Waals surface area (Å²) in [7, 11) is 2.79. The van der Waals surface area contributed by atoms with E-state index in [1.54, 1.807) is 18.2 Å². The zero-order valence-electron chi connectivity index (χ0n) is 12.5. The predicted octanol–water partition coefficient (Wildman–Crippen LogP) is 4.21. The Labute approximate surface area is 141 Å². The highest BCUT2D eigenvalue weighted by molar-refractivity contribution is 9.10. The van der Waals surface area contributed by atoms with Gasteiger partial charge in [-0.2, -0.15) is 0 Å². The lowest BCUT2D eigenvalue weighted by Crippen LogP contribution is -1.97. The van der Waals surface area contributed by atoms with Crippen molar-refractivity contribution < 1.29 is 23.8 Å². The first kappa shape index (κ1) is 17.0. The number of ketones is 1. The zero-order chi connectivity index (χ0) is 17.0. The van der Waals surface area contributed by atoms with E-state index in [0.29, 0.717) is 10.0 Å². The Bertz CT molecular complexity index is 771. The maximum atomic E-state index is 13.6. The number of carbonyl (C=O) groups is 1. The summed E-state index contributed by atoms with van der Waals surface area (Å²) in [5, 5.41) is 9.74. The van der Waals surface area contributed by atoms with Crippen molar-refractivity contribution in [3.8, 4) is 17.2 Å². The first-order chi connectivity index (χ1) is 11.0. The fourth-order valence-corrected chi connectivity index (χ4v) is 2.39. The summed E-state index contributed by atoms with van der Waals surface area (Å²) in [6.45, 7) is 0. The molecule has 0 spiro atoms. The van der Waals surface area contributed by atoms with E-state index < -0.39 is 5.82 Å². The van der Waals surface area contributed by atoms with Crippen molar-refractivity contribution >= 4 is 27.8 Å². The van der Waals surface area contributed by atoms with Gasteiger partial charge in [0.1, 0.15) is 0 Å². The van der Waals surface area contributed by atoms with Gasteiger partial charge in [-0.1, -0.05) is 6.08 Å². The van der Waals surface area contributed by atoms with E-state index in [1.165, 1.54) is 32.4 Å². The standard InChI is InChI=1S/C17H14BrFO4/c1-22-15-6-4-11(9-13(15)19)14(20)5-3-10-7-12(18)17(21)16(8-10)23-2/h3-9,21H,1-2H3. The zero-order valence-corrected chi connectivity index (χ0v) is 14.1. The topological polar surface area (TPSA) is 55.8 Å². The van der Waals surface area contributed by atoms with Crippen LogP contribution in [0.25, 0.3) is 6.08 Å². The molecule has 0 saturated heterocycles. The highest BCUT2D eigenvalue weighted by Gasteiger charge is 2.09. The number of carbonyl (C=O) groups excluding carboxylic acids is 1. The highest BCUT2D eigenvalue weighted by Crippen LogP contribution is 2.35. The number of halogens is 2. The number of allylic oxidation sites excluding steroid dienone is 1. The second kappa shape index (κ2) is 7.28. The SMILES string of the molecule is COc1ccc(C(=O)C=Cc2cc(Br)c(O)c(OC)c2)cc1F. The van der Waals surface area contributed by atoms with E-state index in [2.05, 4.69) is 15.9 Å². The summed E-state index contributed by atoms with van der Waals surface area (Å²) in [5.41, 5.74) is 0.859. The molecule has 4 nitrogen and oxygen atoms in total. The number of hydrogen-bond acceptors (Lipinski definition) is 4. The van der Waals surface area contributed by atoms with Gasteiger partial charge >= 0.3 is 0 Å². The van der Waals surface area contributed by atoms with E-state index in [4.69, 9.17) is 9.47 Å². The molecular weight excluding hydrogens is 367 g/mol. The number of rotatable bonds is 5. The van der Waals surface area contributed by atoms with Crippen molar-refractivity contribution in [3.05, 3.63) is 57.8 Å². The van der Waals surface area contributed by atoms with Crippen LogP contribution in [0.15, 0.2) is 40.9 Å². The van der Waals surface area contributed by atoms with Crippen molar-refractivity contribution in [2.24, 2.45) is 0 Å². The predicted molar refractivity (Wildman–Crippen MR) is 88.7 cm³/mol. The molecule has 0 aliphatic carbocycles. The Morgan fingerprint density at radius 2 is 1.87 bits per heavy atom. The maximum absolute atomic E-state index is 13.6. The second-order valence-electron chi connectivity index (χ2n) is 4.60. The Balaban J connectivity index is 2.24. The molecule has 0 aromatic heterocycles. The van der Waals surface area contributed by atoms with Gasteiger partial charge in [-0.3, -0.25) is 4.79 Å². The largest absolute Gasteiger partial charge is 0.503 e. The molecular formula is C17H14BrFO4. The van der Waals surface area contributed by atoms with Crippen molar-refractivity contribution in [2.45, 2.75) is 0 Å². The Morgan fingerprint density at radius 1 is 1.17 bits per heavy atom. The second-order valence-corrected chi connectivity index (χ2v) is 5.45. The van der Waals surface area contributed by atoms with E-state index in [9.17, 15) is 14.3 Å². The summed E-state index contributed by atoms with van der Waals surface area (Å²) in [6, 6.07) is 7.23. The Morgan fingerprint density at radius 3 is 2.48 bits per heavy atom. The van der Waals surface area contributed by atoms with Crippen molar-refractivity contribution in [1.29, 1.82) is 0 Å². The fourth-order valence-electron chi connectivity index (χ4n) is 1.93. The number of hydrogen-bond donors (Lipinski definition) is 1. The van der Waals surface area contributed by atoms with Crippen LogP contribution in [0.2, 0.25) is 0 Å². The molecule has 0 fully saturated rings. The minimum atomic E-state index is -0.596. The number of phenolic OH excluding ortho intramolecular Hbond substituents is 1. The number of methoxy groups -OCH3 is 2.